The molecular formula is C6H10N2. The van der Waals surface area contributed by atoms with Gasteiger partial charge < -0.3 is 9.80 Å². The molecule has 3 heterocycles. The fourth-order valence-corrected chi connectivity index (χ4v) is 1.22. The third-order valence-electron chi connectivity index (χ3n) is 1.84. The van der Waals surface area contributed by atoms with Crippen LogP contribution in [0.25, 0.3) is 0 Å². The highest BCUT2D eigenvalue weighted by Crippen LogP contribution is 2.08. The molecule has 0 aromatic rings. The number of hydrogen-bond donors (Lipinski definition) is 0. The summed E-state index contributed by atoms with van der Waals surface area (Å²) in [5.74, 6) is 0. The molecular weight excluding hydrogens is 100 g/mol. The Bertz CT molecular complexity index is 97.7. The molecule has 0 amide bonds. The van der Waals surface area contributed by atoms with Crippen LogP contribution in [0, 0.1) is 0 Å². The average Bonchev–Trinajstić information content (AvgIpc) is 1.92. The molecule has 2 heteroatoms. The van der Waals surface area contributed by atoms with Gasteiger partial charge in [-0.15, -0.1) is 0 Å². The Morgan fingerprint density at radius 2 is 1.12 bits per heavy atom. The summed E-state index contributed by atoms with van der Waals surface area (Å²) >= 11 is 0. The summed E-state index contributed by atoms with van der Waals surface area (Å²) in [7, 11) is 0. The zero-order valence-corrected chi connectivity index (χ0v) is 4.88. The molecule has 3 aliphatic heterocycles. The van der Waals surface area contributed by atoms with Gasteiger partial charge in [-0.05, 0) is 0 Å². The van der Waals surface area contributed by atoms with Crippen LogP contribution in [0.3, 0.4) is 0 Å². The van der Waals surface area contributed by atoms with E-state index in [2.05, 4.69) is 22.2 Å². The van der Waals surface area contributed by atoms with Crippen LogP contribution in [0.2, 0.25) is 0 Å². The molecule has 0 spiro atoms. The molecule has 44 valence electrons. The van der Waals surface area contributed by atoms with Crippen molar-refractivity contribution in [3.05, 3.63) is 12.4 Å². The van der Waals surface area contributed by atoms with E-state index in [-0.39, 0.29) is 0 Å². The van der Waals surface area contributed by atoms with Crippen molar-refractivity contribution in [2.24, 2.45) is 0 Å². The molecule has 3 rings (SSSR count). The van der Waals surface area contributed by atoms with Crippen molar-refractivity contribution in [2.45, 2.75) is 0 Å². The number of nitrogens with zero attached hydrogens (tertiary/aromatic N) is 2. The molecule has 0 aromatic heterocycles. The van der Waals surface area contributed by atoms with Crippen LogP contribution in [-0.2, 0) is 0 Å². The van der Waals surface area contributed by atoms with Crippen molar-refractivity contribution in [3.8, 4) is 0 Å². The van der Waals surface area contributed by atoms with Crippen molar-refractivity contribution in [2.75, 3.05) is 26.2 Å². The molecule has 3 aliphatic rings. The van der Waals surface area contributed by atoms with Crippen LogP contribution in [0.5, 0.6) is 0 Å². The van der Waals surface area contributed by atoms with Gasteiger partial charge in [0.1, 0.15) is 0 Å². The van der Waals surface area contributed by atoms with Crippen molar-refractivity contribution in [1.29, 1.82) is 0 Å². The summed E-state index contributed by atoms with van der Waals surface area (Å²) in [5.41, 5.74) is 0. The van der Waals surface area contributed by atoms with Crippen LogP contribution in [0.4, 0.5) is 0 Å². The highest BCUT2D eigenvalue weighted by atomic mass is 15.3. The van der Waals surface area contributed by atoms with Gasteiger partial charge in [0.2, 0.25) is 0 Å². The van der Waals surface area contributed by atoms with Crippen LogP contribution in [0.1, 0.15) is 0 Å². The molecule has 0 aromatic carbocycles. The molecule has 8 heavy (non-hydrogen) atoms. The first-order valence-electron chi connectivity index (χ1n) is 3.11. The number of piperazine rings is 1. The molecule has 0 aliphatic carbocycles. The Hall–Kier alpha value is -0.660. The molecule has 0 saturated carbocycles. The lowest BCUT2D eigenvalue weighted by molar-refractivity contribution is 0.185. The summed E-state index contributed by atoms with van der Waals surface area (Å²) in [6, 6.07) is 0. The fraction of sp³-hybridized carbons (Fsp3) is 0.667. The summed E-state index contributed by atoms with van der Waals surface area (Å²) in [5, 5.41) is 0. The highest BCUT2D eigenvalue weighted by molar-refractivity contribution is 4.94. The molecule has 1 fully saturated rings. The van der Waals surface area contributed by atoms with Gasteiger partial charge in [0.25, 0.3) is 0 Å². The minimum Gasteiger partial charge on any atom is -0.373 e. The standard InChI is InChI=1S/C6H10N2/c1-2-8-5-3-7(1)4-6-8/h1-2H,3-6H2. The quantitative estimate of drug-likeness (QED) is 0.436. The van der Waals surface area contributed by atoms with Gasteiger partial charge in [-0.1, -0.05) is 0 Å². The zero-order chi connectivity index (χ0) is 5.40. The molecule has 0 unspecified atom stereocenters. The highest BCUT2D eigenvalue weighted by Gasteiger charge is 2.15. The summed E-state index contributed by atoms with van der Waals surface area (Å²) < 4.78 is 0. The van der Waals surface area contributed by atoms with E-state index >= 15 is 0 Å². The third-order valence-corrected chi connectivity index (χ3v) is 1.84. The van der Waals surface area contributed by atoms with Crippen molar-refractivity contribution in [3.63, 3.8) is 0 Å². The minimum absolute atomic E-state index is 1.23. The molecule has 0 radical (unpaired) electrons. The van der Waals surface area contributed by atoms with Gasteiger partial charge in [-0.3, -0.25) is 0 Å². The predicted molar refractivity (Wildman–Crippen MR) is 32.3 cm³/mol. The van der Waals surface area contributed by atoms with Crippen molar-refractivity contribution in [1.82, 2.24) is 9.80 Å². The molecule has 0 N–H and O–H groups in total. The van der Waals surface area contributed by atoms with Crippen LogP contribution in [-0.4, -0.2) is 36.0 Å². The second kappa shape index (κ2) is 1.41. The third kappa shape index (κ3) is 0.489. The van der Waals surface area contributed by atoms with Gasteiger partial charge in [0.05, 0.1) is 0 Å². The zero-order valence-electron chi connectivity index (χ0n) is 4.88. The second-order valence-corrected chi connectivity index (χ2v) is 2.37. The first-order valence-corrected chi connectivity index (χ1v) is 3.11. The molecule has 2 nitrogen and oxygen atoms in total. The Morgan fingerprint density at radius 1 is 0.750 bits per heavy atom. The summed E-state index contributed by atoms with van der Waals surface area (Å²) in [6.07, 6.45) is 4.35. The summed E-state index contributed by atoms with van der Waals surface area (Å²) in [6.45, 7) is 4.93. The predicted octanol–water partition coefficient (Wildman–Crippen LogP) is 0.0888. The molecule has 1 saturated heterocycles. The maximum absolute atomic E-state index is 2.36. The van der Waals surface area contributed by atoms with E-state index < -0.39 is 0 Å². The lowest BCUT2D eigenvalue weighted by Gasteiger charge is -2.38. The van der Waals surface area contributed by atoms with E-state index in [0.29, 0.717) is 0 Å². The monoisotopic (exact) mass is 110 g/mol. The normalized spacial score (nSPS) is 25.0. The maximum atomic E-state index is 2.36. The van der Waals surface area contributed by atoms with Crippen LogP contribution in [0.15, 0.2) is 12.4 Å². The summed E-state index contributed by atoms with van der Waals surface area (Å²) in [4.78, 5) is 4.72. The second-order valence-electron chi connectivity index (χ2n) is 2.37. The Balaban J connectivity index is 2.20. The lowest BCUT2D eigenvalue weighted by atomic mass is 10.3. The van der Waals surface area contributed by atoms with Gasteiger partial charge >= 0.3 is 0 Å². The Labute approximate surface area is 49.4 Å². The van der Waals surface area contributed by atoms with E-state index in [1.165, 1.54) is 26.2 Å². The SMILES string of the molecule is C1=CN2CCN1CC2. The van der Waals surface area contributed by atoms with Gasteiger partial charge in [0.15, 0.2) is 0 Å². The van der Waals surface area contributed by atoms with E-state index in [1.807, 2.05) is 0 Å². The van der Waals surface area contributed by atoms with Crippen LogP contribution < -0.4 is 0 Å². The van der Waals surface area contributed by atoms with E-state index in [4.69, 9.17) is 0 Å². The van der Waals surface area contributed by atoms with Crippen molar-refractivity contribution < 1.29 is 0 Å². The first kappa shape index (κ1) is 4.24. The van der Waals surface area contributed by atoms with E-state index in [1.54, 1.807) is 0 Å². The minimum atomic E-state index is 1.23. The van der Waals surface area contributed by atoms with Crippen LogP contribution >= 0.6 is 0 Å². The smallest absolute Gasteiger partial charge is 0.0349 e. The number of hydrogen-bond acceptors (Lipinski definition) is 2. The lowest BCUT2D eigenvalue weighted by Crippen LogP contribution is -2.45. The molecule has 0 atom stereocenters. The average molecular weight is 110 g/mol. The molecule has 2 bridgehead atoms. The number of rotatable bonds is 0. The Kier molecular flexibility index (Phi) is 0.745. The largest absolute Gasteiger partial charge is 0.373 e. The van der Waals surface area contributed by atoms with Gasteiger partial charge in [-0.2, -0.15) is 0 Å². The fourth-order valence-electron chi connectivity index (χ4n) is 1.22. The Morgan fingerprint density at radius 3 is 1.25 bits per heavy atom. The van der Waals surface area contributed by atoms with Crippen molar-refractivity contribution >= 4 is 0 Å². The maximum Gasteiger partial charge on any atom is 0.0349 e. The van der Waals surface area contributed by atoms with Gasteiger partial charge in [-0.25, -0.2) is 0 Å². The number of fused-ring (bicyclic) bond motifs is 2. The van der Waals surface area contributed by atoms with Gasteiger partial charge in [0, 0.05) is 38.6 Å². The first-order chi connectivity index (χ1) is 3.95. The van der Waals surface area contributed by atoms with E-state index in [0.717, 1.165) is 0 Å². The topological polar surface area (TPSA) is 6.48 Å². The van der Waals surface area contributed by atoms with E-state index in [9.17, 15) is 0 Å².